The predicted octanol–water partition coefficient (Wildman–Crippen LogP) is 1.14. The molecule has 0 saturated heterocycles. The van der Waals surface area contributed by atoms with Crippen molar-refractivity contribution in [1.82, 2.24) is 10.2 Å². The predicted molar refractivity (Wildman–Crippen MR) is 71.2 cm³/mol. The molecule has 0 radical (unpaired) electrons. The normalized spacial score (nSPS) is 30.9. The van der Waals surface area contributed by atoms with E-state index in [1.165, 1.54) is 0 Å². The molecule has 0 bridgehead atoms. The Morgan fingerprint density at radius 1 is 1.33 bits per heavy atom. The summed E-state index contributed by atoms with van der Waals surface area (Å²) in [4.78, 5) is 14.4. The lowest BCUT2D eigenvalue weighted by Gasteiger charge is -2.45. The van der Waals surface area contributed by atoms with Crippen LogP contribution in [0.1, 0.15) is 44.9 Å². The largest absolute Gasteiger partial charge is 0.393 e. The monoisotopic (exact) mass is 254 g/mol. The van der Waals surface area contributed by atoms with Crippen molar-refractivity contribution in [2.24, 2.45) is 5.92 Å². The first-order valence-electron chi connectivity index (χ1n) is 7.18. The minimum absolute atomic E-state index is 0.160. The molecule has 0 aromatic carbocycles. The standard InChI is InChI=1S/C14H26N2O2/c1-16(2)14(7-4-8-14)13(18)15-10-11-5-3-6-12(17)9-11/h11-12,17H,3-10H2,1-2H3,(H,15,18). The van der Waals surface area contributed by atoms with Gasteiger partial charge >= 0.3 is 0 Å². The van der Waals surface area contributed by atoms with Crippen LogP contribution in [0.5, 0.6) is 0 Å². The summed E-state index contributed by atoms with van der Waals surface area (Å²) in [7, 11) is 3.98. The Labute approximate surface area is 110 Å². The van der Waals surface area contributed by atoms with Crippen molar-refractivity contribution in [2.75, 3.05) is 20.6 Å². The highest BCUT2D eigenvalue weighted by Gasteiger charge is 2.46. The Kier molecular flexibility index (Phi) is 4.28. The molecule has 2 unspecified atom stereocenters. The van der Waals surface area contributed by atoms with Gasteiger partial charge in [0.2, 0.25) is 5.91 Å². The summed E-state index contributed by atoms with van der Waals surface area (Å²) in [5, 5.41) is 12.7. The topological polar surface area (TPSA) is 52.6 Å². The number of hydrogen-bond acceptors (Lipinski definition) is 3. The fraction of sp³-hybridized carbons (Fsp3) is 0.929. The van der Waals surface area contributed by atoms with Crippen LogP contribution < -0.4 is 5.32 Å². The van der Waals surface area contributed by atoms with Gasteiger partial charge in [-0.3, -0.25) is 9.69 Å². The zero-order valence-electron chi connectivity index (χ0n) is 11.6. The molecule has 2 saturated carbocycles. The first-order valence-corrected chi connectivity index (χ1v) is 7.18. The van der Waals surface area contributed by atoms with Gasteiger partial charge in [0.05, 0.1) is 11.6 Å². The third-order valence-electron chi connectivity index (χ3n) is 4.77. The highest BCUT2D eigenvalue weighted by molar-refractivity contribution is 5.87. The Hall–Kier alpha value is -0.610. The maximum atomic E-state index is 12.3. The molecule has 0 aromatic rings. The second-order valence-electron chi connectivity index (χ2n) is 6.18. The molecule has 2 atom stereocenters. The van der Waals surface area contributed by atoms with Gasteiger partial charge in [0.15, 0.2) is 0 Å². The van der Waals surface area contributed by atoms with Crippen molar-refractivity contribution in [2.45, 2.75) is 56.6 Å². The van der Waals surface area contributed by atoms with Crippen LogP contribution in [0.3, 0.4) is 0 Å². The number of aliphatic hydroxyl groups excluding tert-OH is 1. The van der Waals surface area contributed by atoms with Crippen LogP contribution in [-0.2, 0) is 4.79 Å². The Morgan fingerprint density at radius 3 is 2.56 bits per heavy atom. The van der Waals surface area contributed by atoms with Crippen molar-refractivity contribution in [3.05, 3.63) is 0 Å². The molecule has 0 aromatic heterocycles. The van der Waals surface area contributed by atoms with E-state index in [1.54, 1.807) is 0 Å². The van der Waals surface area contributed by atoms with Crippen molar-refractivity contribution < 1.29 is 9.90 Å². The van der Waals surface area contributed by atoms with E-state index in [1.807, 2.05) is 14.1 Å². The molecule has 0 heterocycles. The van der Waals surface area contributed by atoms with Gasteiger partial charge in [-0.25, -0.2) is 0 Å². The van der Waals surface area contributed by atoms with Gasteiger partial charge in [-0.05, 0) is 58.5 Å². The number of carbonyl (C=O) groups is 1. The molecular formula is C14H26N2O2. The number of nitrogens with zero attached hydrogens (tertiary/aromatic N) is 1. The zero-order valence-corrected chi connectivity index (χ0v) is 11.6. The van der Waals surface area contributed by atoms with E-state index in [2.05, 4.69) is 10.2 Å². The number of carbonyl (C=O) groups excluding carboxylic acids is 1. The van der Waals surface area contributed by atoms with Crippen molar-refractivity contribution >= 4 is 5.91 Å². The minimum atomic E-state index is -0.257. The molecule has 4 heteroatoms. The third kappa shape index (κ3) is 2.69. The number of amides is 1. The lowest BCUT2D eigenvalue weighted by Crippen LogP contribution is -2.60. The van der Waals surface area contributed by atoms with Crippen LogP contribution in [0, 0.1) is 5.92 Å². The fourth-order valence-corrected chi connectivity index (χ4v) is 3.24. The van der Waals surface area contributed by atoms with Crippen molar-refractivity contribution in [3.63, 3.8) is 0 Å². The third-order valence-corrected chi connectivity index (χ3v) is 4.77. The number of likely N-dealkylation sites (N-methyl/N-ethyl adjacent to an activating group) is 1. The zero-order chi connectivity index (χ0) is 13.2. The minimum Gasteiger partial charge on any atom is -0.393 e. The molecule has 2 fully saturated rings. The first kappa shape index (κ1) is 13.8. The van der Waals surface area contributed by atoms with E-state index in [-0.39, 0.29) is 17.6 Å². The summed E-state index contributed by atoms with van der Waals surface area (Å²) >= 11 is 0. The molecule has 1 amide bonds. The highest BCUT2D eigenvalue weighted by atomic mass is 16.3. The summed E-state index contributed by atoms with van der Waals surface area (Å²) in [5.41, 5.74) is -0.257. The van der Waals surface area contributed by atoms with Crippen molar-refractivity contribution in [3.8, 4) is 0 Å². The number of rotatable bonds is 4. The molecule has 0 spiro atoms. The van der Waals surface area contributed by atoms with Crippen LogP contribution in [0.15, 0.2) is 0 Å². The van der Waals surface area contributed by atoms with Crippen LogP contribution in [0.2, 0.25) is 0 Å². The number of aliphatic hydroxyl groups is 1. The van der Waals surface area contributed by atoms with Gasteiger partial charge < -0.3 is 10.4 Å². The van der Waals surface area contributed by atoms with Crippen molar-refractivity contribution in [1.29, 1.82) is 0 Å². The first-order chi connectivity index (χ1) is 8.54. The second kappa shape index (κ2) is 5.57. The lowest BCUT2D eigenvalue weighted by molar-refractivity contribution is -0.137. The van der Waals surface area contributed by atoms with E-state index >= 15 is 0 Å². The van der Waals surface area contributed by atoms with Gasteiger partial charge in [-0.1, -0.05) is 6.42 Å². The average Bonchev–Trinajstić information content (AvgIpc) is 2.24. The van der Waals surface area contributed by atoms with Gasteiger partial charge in [0, 0.05) is 6.54 Å². The van der Waals surface area contributed by atoms with E-state index < -0.39 is 0 Å². The Morgan fingerprint density at radius 2 is 2.06 bits per heavy atom. The van der Waals surface area contributed by atoms with Crippen LogP contribution in [0.25, 0.3) is 0 Å². The van der Waals surface area contributed by atoms with E-state index in [4.69, 9.17) is 0 Å². The molecule has 2 aliphatic rings. The molecule has 2 N–H and O–H groups in total. The molecular weight excluding hydrogens is 228 g/mol. The molecule has 0 aliphatic heterocycles. The van der Waals surface area contributed by atoms with Crippen LogP contribution in [-0.4, -0.2) is 48.2 Å². The molecule has 104 valence electrons. The quantitative estimate of drug-likeness (QED) is 0.791. The molecule has 2 aliphatic carbocycles. The van der Waals surface area contributed by atoms with E-state index in [0.29, 0.717) is 5.92 Å². The Balaban J connectivity index is 1.80. The highest BCUT2D eigenvalue weighted by Crippen LogP contribution is 2.36. The summed E-state index contributed by atoms with van der Waals surface area (Å²) in [6.07, 6.45) is 6.91. The SMILES string of the molecule is CN(C)C1(C(=O)NCC2CCCC(O)C2)CCC1. The van der Waals surface area contributed by atoms with Gasteiger partial charge in [-0.15, -0.1) is 0 Å². The lowest BCUT2D eigenvalue weighted by atomic mass is 9.75. The number of nitrogens with one attached hydrogen (secondary N) is 1. The van der Waals surface area contributed by atoms with Gasteiger partial charge in [0.25, 0.3) is 0 Å². The summed E-state index contributed by atoms with van der Waals surface area (Å²) in [5.74, 6) is 0.635. The van der Waals surface area contributed by atoms with Crippen LogP contribution >= 0.6 is 0 Å². The maximum Gasteiger partial charge on any atom is 0.240 e. The summed E-state index contributed by atoms with van der Waals surface area (Å²) in [6, 6.07) is 0. The second-order valence-corrected chi connectivity index (χ2v) is 6.18. The maximum absolute atomic E-state index is 12.3. The molecule has 2 rings (SSSR count). The molecule has 18 heavy (non-hydrogen) atoms. The smallest absolute Gasteiger partial charge is 0.240 e. The molecule has 4 nitrogen and oxygen atoms in total. The fourth-order valence-electron chi connectivity index (χ4n) is 3.24. The number of hydrogen-bond donors (Lipinski definition) is 2. The summed E-state index contributed by atoms with van der Waals surface area (Å²) < 4.78 is 0. The van der Waals surface area contributed by atoms with E-state index in [0.717, 1.165) is 51.5 Å². The van der Waals surface area contributed by atoms with Gasteiger partial charge in [0.1, 0.15) is 0 Å². The van der Waals surface area contributed by atoms with Gasteiger partial charge in [-0.2, -0.15) is 0 Å². The Bertz CT molecular complexity index is 300. The summed E-state index contributed by atoms with van der Waals surface area (Å²) in [6.45, 7) is 0.728. The van der Waals surface area contributed by atoms with Crippen LogP contribution in [0.4, 0.5) is 0 Å². The van der Waals surface area contributed by atoms with E-state index in [9.17, 15) is 9.90 Å². The average molecular weight is 254 g/mol.